The zero-order valence-corrected chi connectivity index (χ0v) is 24.5. The Labute approximate surface area is 244 Å². The van der Waals surface area contributed by atoms with Crippen molar-refractivity contribution in [1.29, 1.82) is 0 Å². The van der Waals surface area contributed by atoms with Gasteiger partial charge in [-0.2, -0.15) is 0 Å². The highest BCUT2D eigenvalue weighted by Gasteiger charge is 2.39. The van der Waals surface area contributed by atoms with Gasteiger partial charge in [-0.3, -0.25) is 14.0 Å². The van der Waals surface area contributed by atoms with Gasteiger partial charge in [-0.1, -0.05) is 12.1 Å². The zero-order valence-electron chi connectivity index (χ0n) is 24.5. The first kappa shape index (κ1) is 26.9. The molecule has 1 unspecified atom stereocenters. The molecule has 10 heteroatoms. The maximum absolute atomic E-state index is 13.2. The number of carbonyl (C=O) groups excluding carboxylic acids is 2. The lowest BCUT2D eigenvalue weighted by Crippen LogP contribution is -2.41. The predicted octanol–water partition coefficient (Wildman–Crippen LogP) is 4.65. The van der Waals surface area contributed by atoms with E-state index in [0.717, 1.165) is 46.1 Å². The SMILES string of the molecule is Cn1c(-c2cc3cccc(OCC4CC(=O)NC4(C)C)c3n2CC2CC2)nc2cc3c(nc21)CCN(CCCF)C3=O. The number of benzene rings is 1. The number of nitrogens with one attached hydrogen (secondary N) is 1. The molecule has 1 N–H and O–H groups in total. The van der Waals surface area contributed by atoms with Crippen molar-refractivity contribution in [2.45, 2.75) is 58.0 Å². The van der Waals surface area contributed by atoms with Crippen LogP contribution in [0.25, 0.3) is 33.6 Å². The van der Waals surface area contributed by atoms with Gasteiger partial charge >= 0.3 is 0 Å². The topological polar surface area (TPSA) is 94.3 Å². The fourth-order valence-electron chi connectivity index (χ4n) is 6.52. The number of alkyl halides is 1. The average molecular weight is 573 g/mol. The number of rotatable bonds is 9. The third-order valence-electron chi connectivity index (χ3n) is 9.23. The van der Waals surface area contributed by atoms with Gasteiger partial charge in [-0.05, 0) is 57.2 Å². The molecule has 1 aliphatic carbocycles. The largest absolute Gasteiger partial charge is 0.491 e. The normalized spacial score (nSPS) is 20.0. The van der Waals surface area contributed by atoms with E-state index in [1.165, 1.54) is 12.8 Å². The summed E-state index contributed by atoms with van der Waals surface area (Å²) < 4.78 is 23.6. The fraction of sp³-hybridized carbons (Fsp3) is 0.500. The summed E-state index contributed by atoms with van der Waals surface area (Å²) in [5.41, 5.74) is 4.47. The number of carbonyl (C=O) groups is 2. The first-order valence-corrected chi connectivity index (χ1v) is 15.0. The number of nitrogens with zero attached hydrogens (tertiary/aromatic N) is 5. The van der Waals surface area contributed by atoms with E-state index in [1.807, 2.05) is 43.7 Å². The summed E-state index contributed by atoms with van der Waals surface area (Å²) in [5.74, 6) is 2.25. The molecule has 7 rings (SSSR count). The van der Waals surface area contributed by atoms with Crippen molar-refractivity contribution in [2.24, 2.45) is 18.9 Å². The summed E-state index contributed by atoms with van der Waals surface area (Å²) in [6.07, 6.45) is 3.85. The summed E-state index contributed by atoms with van der Waals surface area (Å²) >= 11 is 0. The van der Waals surface area contributed by atoms with Gasteiger partial charge < -0.3 is 24.1 Å². The van der Waals surface area contributed by atoms with E-state index < -0.39 is 6.67 Å². The van der Waals surface area contributed by atoms with E-state index in [-0.39, 0.29) is 23.3 Å². The molecule has 1 aromatic carbocycles. The minimum Gasteiger partial charge on any atom is -0.491 e. The van der Waals surface area contributed by atoms with Gasteiger partial charge in [0.2, 0.25) is 5.91 Å². The van der Waals surface area contributed by atoms with Crippen LogP contribution in [0.2, 0.25) is 0 Å². The smallest absolute Gasteiger partial charge is 0.255 e. The molecule has 2 fully saturated rings. The number of pyridine rings is 1. The van der Waals surface area contributed by atoms with Crippen molar-refractivity contribution in [3.8, 4) is 17.3 Å². The Kier molecular flexibility index (Phi) is 6.47. The van der Waals surface area contributed by atoms with Crippen LogP contribution in [0.3, 0.4) is 0 Å². The van der Waals surface area contributed by atoms with Crippen LogP contribution in [0.15, 0.2) is 30.3 Å². The van der Waals surface area contributed by atoms with Crippen molar-refractivity contribution in [3.63, 3.8) is 0 Å². The molecular formula is C32H37FN6O3. The molecule has 220 valence electrons. The molecular weight excluding hydrogens is 535 g/mol. The van der Waals surface area contributed by atoms with Crippen LogP contribution in [0.4, 0.5) is 4.39 Å². The molecule has 2 aliphatic heterocycles. The maximum atomic E-state index is 13.2. The first-order valence-electron chi connectivity index (χ1n) is 15.0. The number of ether oxygens (including phenoxy) is 1. The first-order chi connectivity index (χ1) is 20.2. The summed E-state index contributed by atoms with van der Waals surface area (Å²) in [5, 5.41) is 4.13. The van der Waals surface area contributed by atoms with Crippen molar-refractivity contribution < 1.29 is 18.7 Å². The van der Waals surface area contributed by atoms with Gasteiger partial charge in [0, 0.05) is 56.4 Å². The summed E-state index contributed by atoms with van der Waals surface area (Å²) in [6.45, 7) is 5.94. The minimum atomic E-state index is -0.436. The van der Waals surface area contributed by atoms with Crippen LogP contribution in [0.1, 0.15) is 55.6 Å². The number of fused-ring (bicyclic) bond motifs is 3. The molecule has 1 saturated carbocycles. The van der Waals surface area contributed by atoms with E-state index in [1.54, 1.807) is 4.90 Å². The van der Waals surface area contributed by atoms with Crippen molar-refractivity contribution in [3.05, 3.63) is 41.6 Å². The van der Waals surface area contributed by atoms with Gasteiger partial charge in [0.25, 0.3) is 5.91 Å². The molecule has 1 saturated heterocycles. The van der Waals surface area contributed by atoms with E-state index in [2.05, 4.69) is 22.0 Å². The molecule has 3 aromatic heterocycles. The minimum absolute atomic E-state index is 0.0671. The molecule has 42 heavy (non-hydrogen) atoms. The molecule has 9 nitrogen and oxygen atoms in total. The summed E-state index contributed by atoms with van der Waals surface area (Å²) in [7, 11) is 1.98. The number of halogens is 1. The van der Waals surface area contributed by atoms with Crippen LogP contribution >= 0.6 is 0 Å². The van der Waals surface area contributed by atoms with Gasteiger partial charge in [-0.25, -0.2) is 9.97 Å². The van der Waals surface area contributed by atoms with Crippen molar-refractivity contribution in [2.75, 3.05) is 26.4 Å². The highest BCUT2D eigenvalue weighted by molar-refractivity contribution is 5.99. The van der Waals surface area contributed by atoms with Crippen LogP contribution in [0.5, 0.6) is 5.75 Å². The van der Waals surface area contributed by atoms with Gasteiger partial charge in [-0.15, -0.1) is 0 Å². The molecule has 2 amide bonds. The second-order valence-corrected chi connectivity index (χ2v) is 12.7. The van der Waals surface area contributed by atoms with E-state index in [9.17, 15) is 14.0 Å². The maximum Gasteiger partial charge on any atom is 0.255 e. The third-order valence-corrected chi connectivity index (χ3v) is 9.23. The average Bonchev–Trinajstić information content (AvgIpc) is 3.54. The lowest BCUT2D eigenvalue weighted by atomic mass is 9.90. The Morgan fingerprint density at radius 1 is 1.17 bits per heavy atom. The Balaban J connectivity index is 1.28. The zero-order chi connectivity index (χ0) is 29.2. The van der Waals surface area contributed by atoms with E-state index in [4.69, 9.17) is 14.7 Å². The molecule has 0 spiro atoms. The van der Waals surface area contributed by atoms with Crippen LogP contribution in [-0.4, -0.2) is 67.7 Å². The summed E-state index contributed by atoms with van der Waals surface area (Å²) in [6, 6.07) is 10.1. The second kappa shape index (κ2) is 10.1. The molecule has 3 aliphatic rings. The van der Waals surface area contributed by atoms with Gasteiger partial charge in [0.05, 0.1) is 35.7 Å². The van der Waals surface area contributed by atoms with Gasteiger partial charge in [0.1, 0.15) is 11.3 Å². The highest BCUT2D eigenvalue weighted by Crippen LogP contribution is 2.40. The quantitative estimate of drug-likeness (QED) is 0.315. The lowest BCUT2D eigenvalue weighted by Gasteiger charge is -2.27. The van der Waals surface area contributed by atoms with Crippen molar-refractivity contribution in [1.82, 2.24) is 29.3 Å². The number of hydrogen-bond acceptors (Lipinski definition) is 5. The van der Waals surface area contributed by atoms with Crippen molar-refractivity contribution >= 4 is 33.9 Å². The monoisotopic (exact) mass is 572 g/mol. The van der Waals surface area contributed by atoms with E-state index in [0.29, 0.717) is 56.0 Å². The number of hydrogen-bond donors (Lipinski definition) is 1. The number of imidazole rings is 1. The number of amides is 2. The molecule has 0 radical (unpaired) electrons. The van der Waals surface area contributed by atoms with Crippen LogP contribution in [-0.2, 0) is 24.8 Å². The molecule has 4 aromatic rings. The second-order valence-electron chi connectivity index (χ2n) is 12.7. The Bertz CT molecular complexity index is 1720. The summed E-state index contributed by atoms with van der Waals surface area (Å²) in [4.78, 5) is 36.9. The molecule has 5 heterocycles. The van der Waals surface area contributed by atoms with Gasteiger partial charge in [0.15, 0.2) is 11.5 Å². The van der Waals surface area contributed by atoms with Crippen LogP contribution in [0, 0.1) is 11.8 Å². The fourth-order valence-corrected chi connectivity index (χ4v) is 6.52. The Hall–Kier alpha value is -3.95. The number of aryl methyl sites for hydroxylation is 1. The van der Waals surface area contributed by atoms with Crippen LogP contribution < -0.4 is 10.1 Å². The standard InChI is InChI=1S/C32H37FN6O3/c1-32(2)21(15-27(40)36-32)18-42-26-7-4-6-20-14-25(39(28(20)26)17-19-8-9-19)30-35-24-16-22-23(34-29(24)37(30)3)10-13-38(31(22)41)12-5-11-33/h4,6-7,14,16,19,21H,5,8-13,15,17-18H2,1-3H3,(H,36,40). The highest BCUT2D eigenvalue weighted by atomic mass is 19.1. The molecule has 0 bridgehead atoms. The predicted molar refractivity (Wildman–Crippen MR) is 158 cm³/mol. The van der Waals surface area contributed by atoms with E-state index >= 15 is 0 Å². The third kappa shape index (κ3) is 4.61. The lowest BCUT2D eigenvalue weighted by molar-refractivity contribution is -0.119. The Morgan fingerprint density at radius 2 is 2.00 bits per heavy atom. The Morgan fingerprint density at radius 3 is 2.74 bits per heavy atom. The number of para-hydroxylation sites is 1. The molecule has 1 atom stereocenters. The number of aromatic nitrogens is 4.